The zero-order chi connectivity index (χ0) is 18.6. The number of hydrogen-bond acceptors (Lipinski definition) is 3. The first-order valence-electron chi connectivity index (χ1n) is 8.88. The van der Waals surface area contributed by atoms with Crippen LogP contribution in [0.1, 0.15) is 22.4 Å². The Morgan fingerprint density at radius 1 is 1.04 bits per heavy atom. The Kier molecular flexibility index (Phi) is 4.66. The first-order chi connectivity index (χ1) is 13.2. The molecule has 0 atom stereocenters. The van der Waals surface area contributed by atoms with Crippen LogP contribution < -0.4 is 5.32 Å². The maximum atomic E-state index is 12.3. The smallest absolute Gasteiger partial charge is 0.230 e. The first kappa shape index (κ1) is 17.0. The van der Waals surface area contributed by atoms with E-state index in [1.807, 2.05) is 72.2 Å². The molecule has 4 aromatic rings. The average Bonchev–Trinajstić information content (AvgIpc) is 3.05. The predicted molar refractivity (Wildman–Crippen MR) is 106 cm³/mol. The summed E-state index contributed by atoms with van der Waals surface area (Å²) in [6.07, 6.45) is 8.54. The number of imidazole rings is 1. The largest absolute Gasteiger partial charge is 0.326 e. The molecule has 5 nitrogen and oxygen atoms in total. The number of aromatic nitrogens is 3. The van der Waals surface area contributed by atoms with E-state index in [0.29, 0.717) is 0 Å². The van der Waals surface area contributed by atoms with E-state index in [2.05, 4.69) is 15.3 Å². The van der Waals surface area contributed by atoms with E-state index >= 15 is 0 Å². The number of anilines is 1. The summed E-state index contributed by atoms with van der Waals surface area (Å²) in [4.78, 5) is 20.9. The summed E-state index contributed by atoms with van der Waals surface area (Å²) in [6, 6.07) is 16.0. The molecule has 1 aromatic carbocycles. The highest BCUT2D eigenvalue weighted by Crippen LogP contribution is 2.14. The molecule has 5 heteroatoms. The lowest BCUT2D eigenvalue weighted by Crippen LogP contribution is -2.14. The second-order valence-corrected chi connectivity index (χ2v) is 6.66. The molecule has 27 heavy (non-hydrogen) atoms. The Balaban J connectivity index is 1.38. The highest BCUT2D eigenvalue weighted by molar-refractivity contribution is 5.92. The highest BCUT2D eigenvalue weighted by Gasteiger charge is 2.08. The van der Waals surface area contributed by atoms with Crippen LogP contribution in [-0.2, 0) is 17.6 Å². The number of carbonyl (C=O) groups excluding carboxylic acids is 1. The Morgan fingerprint density at radius 3 is 2.56 bits per heavy atom. The maximum Gasteiger partial charge on any atom is 0.230 e. The topological polar surface area (TPSA) is 59.3 Å². The SMILES string of the molecule is Cc1ccn2cc(CC(=O)Nc3ccc(Cc4ccncc4)cc3)nc2c1. The summed E-state index contributed by atoms with van der Waals surface area (Å²) in [5, 5.41) is 2.94. The van der Waals surface area contributed by atoms with Crippen molar-refractivity contribution in [2.24, 2.45) is 0 Å². The van der Waals surface area contributed by atoms with Crippen LogP contribution in [0.5, 0.6) is 0 Å². The molecule has 134 valence electrons. The van der Waals surface area contributed by atoms with E-state index in [1.165, 1.54) is 11.1 Å². The molecule has 0 saturated carbocycles. The van der Waals surface area contributed by atoms with Crippen LogP contribution in [0.15, 0.2) is 73.3 Å². The summed E-state index contributed by atoms with van der Waals surface area (Å²) in [5.41, 5.74) is 5.96. The second kappa shape index (κ2) is 7.41. The van der Waals surface area contributed by atoms with E-state index in [9.17, 15) is 4.79 Å². The summed E-state index contributed by atoms with van der Waals surface area (Å²) >= 11 is 0. The number of fused-ring (bicyclic) bond motifs is 1. The lowest BCUT2D eigenvalue weighted by Gasteiger charge is -2.06. The molecule has 0 aliphatic carbocycles. The first-order valence-corrected chi connectivity index (χ1v) is 8.88. The van der Waals surface area contributed by atoms with Crippen molar-refractivity contribution in [3.63, 3.8) is 0 Å². The van der Waals surface area contributed by atoms with Crippen LogP contribution >= 0.6 is 0 Å². The van der Waals surface area contributed by atoms with Crippen molar-refractivity contribution in [1.29, 1.82) is 0 Å². The van der Waals surface area contributed by atoms with E-state index in [4.69, 9.17) is 0 Å². The Bertz CT molecular complexity index is 1070. The van der Waals surface area contributed by atoms with E-state index in [1.54, 1.807) is 12.4 Å². The molecule has 0 aliphatic rings. The normalized spacial score (nSPS) is 10.9. The van der Waals surface area contributed by atoms with Gasteiger partial charge in [-0.05, 0) is 66.4 Å². The third-order valence-electron chi connectivity index (χ3n) is 4.40. The van der Waals surface area contributed by atoms with Crippen molar-refractivity contribution in [1.82, 2.24) is 14.4 Å². The zero-order valence-electron chi connectivity index (χ0n) is 15.1. The average molecular weight is 356 g/mol. The zero-order valence-corrected chi connectivity index (χ0v) is 15.1. The minimum absolute atomic E-state index is 0.0722. The van der Waals surface area contributed by atoms with Gasteiger partial charge in [0, 0.05) is 30.5 Å². The van der Waals surface area contributed by atoms with E-state index in [-0.39, 0.29) is 12.3 Å². The number of carbonyl (C=O) groups is 1. The van der Waals surface area contributed by atoms with Gasteiger partial charge in [0.1, 0.15) is 5.65 Å². The lowest BCUT2D eigenvalue weighted by atomic mass is 10.1. The summed E-state index contributed by atoms with van der Waals surface area (Å²) in [7, 11) is 0. The molecule has 4 rings (SSSR count). The minimum Gasteiger partial charge on any atom is -0.326 e. The molecule has 1 N–H and O–H groups in total. The summed E-state index contributed by atoms with van der Waals surface area (Å²) in [6.45, 7) is 2.03. The monoisotopic (exact) mass is 356 g/mol. The number of rotatable bonds is 5. The molecule has 3 heterocycles. The van der Waals surface area contributed by atoms with Crippen molar-refractivity contribution in [3.8, 4) is 0 Å². The third-order valence-corrected chi connectivity index (χ3v) is 4.40. The second-order valence-electron chi connectivity index (χ2n) is 6.66. The van der Waals surface area contributed by atoms with Gasteiger partial charge in [-0.25, -0.2) is 4.98 Å². The highest BCUT2D eigenvalue weighted by atomic mass is 16.1. The van der Waals surface area contributed by atoms with Gasteiger partial charge in [-0.15, -0.1) is 0 Å². The van der Waals surface area contributed by atoms with Crippen LogP contribution in [0, 0.1) is 6.92 Å². The Hall–Kier alpha value is -3.47. The van der Waals surface area contributed by atoms with Crippen molar-refractivity contribution >= 4 is 17.2 Å². The number of benzene rings is 1. The quantitative estimate of drug-likeness (QED) is 0.591. The van der Waals surface area contributed by atoms with Gasteiger partial charge in [0.2, 0.25) is 5.91 Å². The Morgan fingerprint density at radius 2 is 1.78 bits per heavy atom. The standard InChI is InChI=1S/C22H20N4O/c1-16-8-11-26-15-20(24-21(26)12-16)14-22(27)25-19-4-2-17(3-5-19)13-18-6-9-23-10-7-18/h2-12,15H,13-14H2,1H3,(H,25,27). The van der Waals surface area contributed by atoms with Gasteiger partial charge in [0.25, 0.3) is 0 Å². The fraction of sp³-hybridized carbons (Fsp3) is 0.136. The van der Waals surface area contributed by atoms with Crippen molar-refractivity contribution < 1.29 is 4.79 Å². The van der Waals surface area contributed by atoms with Gasteiger partial charge in [0.05, 0.1) is 12.1 Å². The lowest BCUT2D eigenvalue weighted by molar-refractivity contribution is -0.115. The van der Waals surface area contributed by atoms with Crippen LogP contribution in [0.2, 0.25) is 0 Å². The molecule has 0 saturated heterocycles. The Labute approximate surface area is 157 Å². The van der Waals surface area contributed by atoms with Crippen molar-refractivity contribution in [2.45, 2.75) is 19.8 Å². The summed E-state index contributed by atoms with van der Waals surface area (Å²) in [5.74, 6) is -0.0722. The number of aryl methyl sites for hydroxylation is 1. The van der Waals surface area contributed by atoms with Crippen LogP contribution in [-0.4, -0.2) is 20.3 Å². The van der Waals surface area contributed by atoms with Crippen LogP contribution in [0.3, 0.4) is 0 Å². The fourth-order valence-electron chi connectivity index (χ4n) is 3.03. The molecule has 3 aromatic heterocycles. The van der Waals surface area contributed by atoms with Gasteiger partial charge in [-0.1, -0.05) is 12.1 Å². The van der Waals surface area contributed by atoms with Gasteiger partial charge < -0.3 is 9.72 Å². The minimum atomic E-state index is -0.0722. The van der Waals surface area contributed by atoms with Gasteiger partial charge in [0.15, 0.2) is 0 Å². The van der Waals surface area contributed by atoms with Crippen LogP contribution in [0.25, 0.3) is 5.65 Å². The number of amides is 1. The molecular formula is C22H20N4O. The molecule has 1 amide bonds. The third kappa shape index (κ3) is 4.20. The van der Waals surface area contributed by atoms with E-state index in [0.717, 1.165) is 29.0 Å². The van der Waals surface area contributed by atoms with Crippen molar-refractivity contribution in [2.75, 3.05) is 5.32 Å². The molecule has 0 bridgehead atoms. The van der Waals surface area contributed by atoms with E-state index < -0.39 is 0 Å². The molecule has 0 unspecified atom stereocenters. The van der Waals surface area contributed by atoms with Crippen LogP contribution in [0.4, 0.5) is 5.69 Å². The number of hydrogen-bond donors (Lipinski definition) is 1. The predicted octanol–water partition coefficient (Wildman–Crippen LogP) is 3.81. The number of nitrogens with zero attached hydrogens (tertiary/aromatic N) is 3. The van der Waals surface area contributed by atoms with Gasteiger partial charge in [-0.3, -0.25) is 9.78 Å². The van der Waals surface area contributed by atoms with Gasteiger partial charge >= 0.3 is 0 Å². The molecule has 0 spiro atoms. The van der Waals surface area contributed by atoms with Gasteiger partial charge in [-0.2, -0.15) is 0 Å². The number of nitrogens with one attached hydrogen (secondary N) is 1. The van der Waals surface area contributed by atoms with Crippen molar-refractivity contribution in [3.05, 3.63) is 95.7 Å². The number of pyridine rings is 2. The molecule has 0 aliphatic heterocycles. The molecule has 0 radical (unpaired) electrons. The maximum absolute atomic E-state index is 12.3. The molecule has 0 fully saturated rings. The summed E-state index contributed by atoms with van der Waals surface area (Å²) < 4.78 is 1.93. The fourth-order valence-corrected chi connectivity index (χ4v) is 3.03. The molecular weight excluding hydrogens is 336 g/mol.